The molecular weight excluding hydrogens is 273 g/mol. The highest BCUT2D eigenvalue weighted by Crippen LogP contribution is 2.22. The Hall–Kier alpha value is -1.17. The van der Waals surface area contributed by atoms with E-state index in [4.69, 9.17) is 21.1 Å². The average molecular weight is 288 g/mol. The summed E-state index contributed by atoms with van der Waals surface area (Å²) in [6, 6.07) is 3.65. The fourth-order valence-corrected chi connectivity index (χ4v) is 2.09. The molecule has 0 radical (unpaired) electrons. The predicted molar refractivity (Wildman–Crippen MR) is 68.6 cm³/mol. The number of benzene rings is 1. The molecule has 1 aliphatic rings. The van der Waals surface area contributed by atoms with Gasteiger partial charge in [0.1, 0.15) is 11.9 Å². The fourth-order valence-electron chi connectivity index (χ4n) is 1.84. The maximum Gasteiger partial charge on any atom is 0.252 e. The van der Waals surface area contributed by atoms with E-state index in [1.54, 1.807) is 0 Å². The van der Waals surface area contributed by atoms with Crippen LogP contribution in [0.1, 0.15) is 24.2 Å². The molecule has 1 aliphatic heterocycles. The number of nitrogens with one attached hydrogen (secondary N) is 1. The van der Waals surface area contributed by atoms with E-state index >= 15 is 0 Å². The second-order valence-corrected chi connectivity index (χ2v) is 5.19. The van der Waals surface area contributed by atoms with Gasteiger partial charge in [0.25, 0.3) is 5.91 Å². The van der Waals surface area contributed by atoms with Crippen LogP contribution in [0.15, 0.2) is 18.2 Å². The van der Waals surface area contributed by atoms with Gasteiger partial charge in [0.05, 0.1) is 17.2 Å². The SMILES string of the molecule is CC1(C)OCC(CNC(=O)c2ccc(F)cc2Cl)O1. The minimum Gasteiger partial charge on any atom is -0.349 e. The molecule has 0 aromatic heterocycles. The first kappa shape index (κ1) is 14.2. The molecular formula is C13H15ClFNO3. The van der Waals surface area contributed by atoms with Gasteiger partial charge in [-0.1, -0.05) is 11.6 Å². The summed E-state index contributed by atoms with van der Waals surface area (Å²) in [5, 5.41) is 2.77. The van der Waals surface area contributed by atoms with Crippen LogP contribution >= 0.6 is 11.6 Å². The van der Waals surface area contributed by atoms with Gasteiger partial charge in [0, 0.05) is 6.54 Å². The van der Waals surface area contributed by atoms with Crippen molar-refractivity contribution in [3.05, 3.63) is 34.6 Å². The zero-order valence-corrected chi connectivity index (χ0v) is 11.5. The quantitative estimate of drug-likeness (QED) is 0.928. The summed E-state index contributed by atoms with van der Waals surface area (Å²) in [5.74, 6) is -1.46. The van der Waals surface area contributed by atoms with Gasteiger partial charge in [0.15, 0.2) is 5.79 Å². The van der Waals surface area contributed by atoms with Gasteiger partial charge >= 0.3 is 0 Å². The maximum absolute atomic E-state index is 12.9. The van der Waals surface area contributed by atoms with Crippen LogP contribution in [0.3, 0.4) is 0 Å². The molecule has 1 atom stereocenters. The Balaban J connectivity index is 1.91. The zero-order chi connectivity index (χ0) is 14.0. The molecule has 0 spiro atoms. The van der Waals surface area contributed by atoms with Gasteiger partial charge in [-0.05, 0) is 32.0 Å². The van der Waals surface area contributed by atoms with Crippen LogP contribution in [-0.2, 0) is 9.47 Å². The number of rotatable bonds is 3. The molecule has 2 rings (SSSR count). The Bertz CT molecular complexity index is 493. The Morgan fingerprint density at radius 3 is 2.89 bits per heavy atom. The first-order chi connectivity index (χ1) is 8.87. The topological polar surface area (TPSA) is 47.6 Å². The van der Waals surface area contributed by atoms with E-state index in [1.165, 1.54) is 12.1 Å². The Kier molecular flexibility index (Phi) is 4.08. The van der Waals surface area contributed by atoms with E-state index in [2.05, 4.69) is 5.32 Å². The molecule has 1 saturated heterocycles. The second-order valence-electron chi connectivity index (χ2n) is 4.78. The van der Waals surface area contributed by atoms with E-state index in [-0.39, 0.29) is 22.6 Å². The minimum absolute atomic E-state index is 0.0846. The highest BCUT2D eigenvalue weighted by atomic mass is 35.5. The first-order valence-electron chi connectivity index (χ1n) is 5.92. The summed E-state index contributed by atoms with van der Waals surface area (Å²) in [5.41, 5.74) is 0.237. The molecule has 0 aliphatic carbocycles. The Labute approximate surface area is 115 Å². The van der Waals surface area contributed by atoms with Crippen molar-refractivity contribution in [2.75, 3.05) is 13.2 Å². The lowest BCUT2D eigenvalue weighted by Gasteiger charge is -2.17. The van der Waals surface area contributed by atoms with Crippen LogP contribution in [0, 0.1) is 5.82 Å². The summed E-state index contributed by atoms with van der Waals surface area (Å²) in [7, 11) is 0. The van der Waals surface area contributed by atoms with Crippen molar-refractivity contribution in [2.45, 2.75) is 25.7 Å². The Morgan fingerprint density at radius 1 is 1.58 bits per heavy atom. The monoisotopic (exact) mass is 287 g/mol. The number of carbonyl (C=O) groups excluding carboxylic acids is 1. The standard InChI is InChI=1S/C13H15ClFNO3/c1-13(2)18-7-9(19-13)6-16-12(17)10-4-3-8(15)5-11(10)14/h3-5,9H,6-7H2,1-2H3,(H,16,17). The summed E-state index contributed by atoms with van der Waals surface area (Å²) in [6.45, 7) is 4.36. The number of hydrogen-bond acceptors (Lipinski definition) is 3. The van der Waals surface area contributed by atoms with Crippen LogP contribution in [0.2, 0.25) is 5.02 Å². The van der Waals surface area contributed by atoms with Crippen molar-refractivity contribution >= 4 is 17.5 Å². The van der Waals surface area contributed by atoms with Crippen molar-refractivity contribution in [3.8, 4) is 0 Å². The molecule has 1 amide bonds. The predicted octanol–water partition coefficient (Wildman–Crippen LogP) is 2.36. The Morgan fingerprint density at radius 2 is 2.32 bits per heavy atom. The normalized spacial score (nSPS) is 21.4. The van der Waals surface area contributed by atoms with Gasteiger partial charge in [-0.15, -0.1) is 0 Å². The lowest BCUT2D eigenvalue weighted by atomic mass is 10.2. The van der Waals surface area contributed by atoms with Crippen LogP contribution in [0.25, 0.3) is 0 Å². The van der Waals surface area contributed by atoms with E-state index in [0.29, 0.717) is 13.2 Å². The lowest BCUT2D eigenvalue weighted by molar-refractivity contribution is -0.137. The number of carbonyl (C=O) groups is 1. The second kappa shape index (κ2) is 5.45. The molecule has 19 heavy (non-hydrogen) atoms. The van der Waals surface area contributed by atoms with Crippen molar-refractivity contribution in [1.82, 2.24) is 5.32 Å². The number of ether oxygens (including phenoxy) is 2. The third-order valence-corrected chi connectivity index (χ3v) is 3.05. The van der Waals surface area contributed by atoms with E-state index in [9.17, 15) is 9.18 Å². The van der Waals surface area contributed by atoms with E-state index in [0.717, 1.165) is 6.07 Å². The third-order valence-electron chi connectivity index (χ3n) is 2.73. The van der Waals surface area contributed by atoms with Gasteiger partial charge < -0.3 is 14.8 Å². The molecule has 1 fully saturated rings. The van der Waals surface area contributed by atoms with Crippen molar-refractivity contribution in [3.63, 3.8) is 0 Å². The van der Waals surface area contributed by atoms with Crippen LogP contribution in [0.4, 0.5) is 4.39 Å². The van der Waals surface area contributed by atoms with Gasteiger partial charge in [-0.3, -0.25) is 4.79 Å². The average Bonchev–Trinajstić information content (AvgIpc) is 2.66. The minimum atomic E-state index is -0.622. The summed E-state index contributed by atoms with van der Waals surface area (Å²) < 4.78 is 23.8. The largest absolute Gasteiger partial charge is 0.349 e. The molecule has 1 aromatic carbocycles. The number of halogens is 2. The molecule has 104 valence electrons. The highest BCUT2D eigenvalue weighted by Gasteiger charge is 2.32. The van der Waals surface area contributed by atoms with Gasteiger partial charge in [-0.2, -0.15) is 0 Å². The first-order valence-corrected chi connectivity index (χ1v) is 6.30. The molecule has 0 saturated carbocycles. The smallest absolute Gasteiger partial charge is 0.252 e. The number of amides is 1. The molecule has 1 unspecified atom stereocenters. The van der Waals surface area contributed by atoms with Crippen molar-refractivity contribution < 1.29 is 18.7 Å². The summed E-state index contributed by atoms with van der Waals surface area (Å²) in [4.78, 5) is 11.9. The molecule has 1 heterocycles. The zero-order valence-electron chi connectivity index (χ0n) is 10.7. The number of hydrogen-bond donors (Lipinski definition) is 1. The van der Waals surface area contributed by atoms with Crippen LogP contribution in [-0.4, -0.2) is 30.9 Å². The molecule has 0 bridgehead atoms. The highest BCUT2D eigenvalue weighted by molar-refractivity contribution is 6.33. The maximum atomic E-state index is 12.9. The summed E-state index contributed by atoms with van der Waals surface area (Å²) >= 11 is 5.81. The van der Waals surface area contributed by atoms with Gasteiger partial charge in [-0.25, -0.2) is 4.39 Å². The summed E-state index contributed by atoms with van der Waals surface area (Å²) in [6.07, 6.45) is -0.196. The molecule has 1 aromatic rings. The van der Waals surface area contributed by atoms with Crippen molar-refractivity contribution in [2.24, 2.45) is 0 Å². The van der Waals surface area contributed by atoms with Crippen LogP contribution in [0.5, 0.6) is 0 Å². The molecule has 1 N–H and O–H groups in total. The fraction of sp³-hybridized carbons (Fsp3) is 0.462. The lowest BCUT2D eigenvalue weighted by Crippen LogP contribution is -2.34. The van der Waals surface area contributed by atoms with Gasteiger partial charge in [0.2, 0.25) is 0 Å². The third kappa shape index (κ3) is 3.65. The van der Waals surface area contributed by atoms with Crippen molar-refractivity contribution in [1.29, 1.82) is 0 Å². The van der Waals surface area contributed by atoms with Crippen LogP contribution < -0.4 is 5.32 Å². The van der Waals surface area contributed by atoms with E-state index < -0.39 is 11.6 Å². The van der Waals surface area contributed by atoms with E-state index in [1.807, 2.05) is 13.8 Å². The molecule has 4 nitrogen and oxygen atoms in total. The molecule has 6 heteroatoms.